The topological polar surface area (TPSA) is 91.4 Å². The number of H-pyrrole nitrogens is 1. The first-order chi connectivity index (χ1) is 10.3. The van der Waals surface area contributed by atoms with E-state index < -0.39 is 0 Å². The van der Waals surface area contributed by atoms with E-state index in [2.05, 4.69) is 42.7 Å². The van der Waals surface area contributed by atoms with Crippen molar-refractivity contribution in [2.75, 3.05) is 17.2 Å². The van der Waals surface area contributed by atoms with Gasteiger partial charge in [0.2, 0.25) is 5.95 Å². The van der Waals surface area contributed by atoms with Crippen molar-refractivity contribution in [2.45, 2.75) is 26.3 Å². The lowest BCUT2D eigenvalue weighted by Gasteiger charge is -2.16. The number of nitrogens with zero attached hydrogens (tertiary/aromatic N) is 4. The number of hydrogen-bond acceptors (Lipinski definition) is 7. The number of anilines is 2. The van der Waals surface area contributed by atoms with Crippen LogP contribution < -0.4 is 10.6 Å². The van der Waals surface area contributed by atoms with Gasteiger partial charge in [-0.05, 0) is 13.3 Å². The number of rotatable bonds is 6. The summed E-state index contributed by atoms with van der Waals surface area (Å²) in [4.78, 5) is 13.3. The molecule has 3 heterocycles. The Morgan fingerprint density at radius 2 is 2.24 bits per heavy atom. The summed E-state index contributed by atoms with van der Waals surface area (Å²) >= 11 is 1.64. The van der Waals surface area contributed by atoms with Gasteiger partial charge in [-0.25, -0.2) is 4.98 Å². The molecule has 3 rings (SSSR count). The van der Waals surface area contributed by atoms with Crippen molar-refractivity contribution in [3.8, 4) is 0 Å². The lowest BCUT2D eigenvalue weighted by Crippen LogP contribution is -2.12. The quantitative estimate of drug-likeness (QED) is 0.648. The van der Waals surface area contributed by atoms with Gasteiger partial charge in [0.05, 0.1) is 17.6 Å². The predicted molar refractivity (Wildman–Crippen MR) is 84.6 cm³/mol. The number of nitrogens with one attached hydrogen (secondary N) is 3. The number of hydrogen-bond donors (Lipinski definition) is 3. The van der Waals surface area contributed by atoms with Crippen LogP contribution in [-0.4, -0.2) is 31.7 Å². The van der Waals surface area contributed by atoms with Gasteiger partial charge in [-0.1, -0.05) is 6.92 Å². The summed E-state index contributed by atoms with van der Waals surface area (Å²) < 4.78 is 0. The van der Waals surface area contributed by atoms with Crippen molar-refractivity contribution < 1.29 is 0 Å². The Balaban J connectivity index is 1.96. The molecule has 21 heavy (non-hydrogen) atoms. The van der Waals surface area contributed by atoms with E-state index in [1.54, 1.807) is 17.5 Å². The Bertz CT molecular complexity index is 706. The van der Waals surface area contributed by atoms with Gasteiger partial charge >= 0.3 is 0 Å². The third-order valence-corrected chi connectivity index (χ3v) is 4.00. The smallest absolute Gasteiger partial charge is 0.226 e. The van der Waals surface area contributed by atoms with Crippen LogP contribution in [0.2, 0.25) is 0 Å². The summed E-state index contributed by atoms with van der Waals surface area (Å²) in [7, 11) is 0. The van der Waals surface area contributed by atoms with Gasteiger partial charge < -0.3 is 10.6 Å². The van der Waals surface area contributed by atoms with Gasteiger partial charge in [0.15, 0.2) is 5.65 Å². The molecule has 3 aromatic heterocycles. The largest absolute Gasteiger partial charge is 0.360 e. The Kier molecular flexibility index (Phi) is 3.96. The molecule has 7 nitrogen and oxygen atoms in total. The molecule has 1 unspecified atom stereocenters. The number of thiazole rings is 1. The fourth-order valence-corrected chi connectivity index (χ4v) is 2.86. The molecule has 0 bridgehead atoms. The van der Waals surface area contributed by atoms with Crippen molar-refractivity contribution in [2.24, 2.45) is 0 Å². The fraction of sp³-hybridized carbons (Fsp3) is 0.385. The van der Waals surface area contributed by atoms with Crippen molar-refractivity contribution >= 4 is 34.1 Å². The van der Waals surface area contributed by atoms with Crippen LogP contribution >= 0.6 is 11.3 Å². The Hall–Kier alpha value is -2.22. The van der Waals surface area contributed by atoms with Crippen molar-refractivity contribution in [1.82, 2.24) is 25.1 Å². The monoisotopic (exact) mass is 303 g/mol. The Morgan fingerprint density at radius 1 is 1.33 bits per heavy atom. The second-order valence-electron chi connectivity index (χ2n) is 4.53. The molecule has 8 heteroatoms. The maximum atomic E-state index is 4.54. The molecule has 0 aliphatic rings. The molecule has 0 spiro atoms. The lowest BCUT2D eigenvalue weighted by molar-refractivity contribution is 0.738. The minimum Gasteiger partial charge on any atom is -0.360 e. The average Bonchev–Trinajstić information content (AvgIpc) is 3.15. The molecule has 0 aliphatic heterocycles. The summed E-state index contributed by atoms with van der Waals surface area (Å²) in [6, 6.07) is 0.132. The van der Waals surface area contributed by atoms with E-state index in [0.717, 1.165) is 34.8 Å². The molecule has 0 fully saturated rings. The van der Waals surface area contributed by atoms with E-state index in [9.17, 15) is 0 Å². The molecule has 0 saturated heterocycles. The zero-order chi connectivity index (χ0) is 14.7. The molecule has 0 saturated carbocycles. The van der Waals surface area contributed by atoms with Crippen LogP contribution in [-0.2, 0) is 0 Å². The molecule has 0 amide bonds. The SMILES string of the molecule is CCNc1nc(NC(CC)c2nccs2)c2cn[nH]c2n1. The van der Waals surface area contributed by atoms with E-state index in [1.165, 1.54) is 0 Å². The molecular weight excluding hydrogens is 286 g/mol. The van der Waals surface area contributed by atoms with E-state index in [4.69, 9.17) is 0 Å². The van der Waals surface area contributed by atoms with Crippen LogP contribution in [0.15, 0.2) is 17.8 Å². The highest BCUT2D eigenvalue weighted by Crippen LogP contribution is 2.27. The number of aromatic amines is 1. The number of fused-ring (bicyclic) bond motifs is 1. The first-order valence-corrected chi connectivity index (χ1v) is 7.80. The summed E-state index contributed by atoms with van der Waals surface area (Å²) in [5.74, 6) is 1.36. The second-order valence-corrected chi connectivity index (χ2v) is 5.46. The molecular formula is C13H17N7S. The van der Waals surface area contributed by atoms with Gasteiger partial charge in [0.1, 0.15) is 10.8 Å². The molecule has 110 valence electrons. The average molecular weight is 303 g/mol. The Labute approximate surface area is 126 Å². The van der Waals surface area contributed by atoms with Crippen molar-refractivity contribution in [1.29, 1.82) is 0 Å². The van der Waals surface area contributed by atoms with E-state index in [0.29, 0.717) is 5.95 Å². The minimum absolute atomic E-state index is 0.132. The van der Waals surface area contributed by atoms with Crippen LogP contribution in [0, 0.1) is 0 Å². The van der Waals surface area contributed by atoms with E-state index in [1.807, 2.05) is 18.5 Å². The standard InChI is InChI=1S/C13H17N7S/c1-3-9(12-15-5-6-21-12)17-10-8-7-16-20-11(8)19-13(18-10)14-4-2/h5-7,9H,3-4H2,1-2H3,(H3,14,16,17,18,19,20). The van der Waals surface area contributed by atoms with Gasteiger partial charge in [-0.3, -0.25) is 5.10 Å². The number of aromatic nitrogens is 5. The maximum absolute atomic E-state index is 4.54. The highest BCUT2D eigenvalue weighted by molar-refractivity contribution is 7.09. The van der Waals surface area contributed by atoms with Crippen molar-refractivity contribution in [3.63, 3.8) is 0 Å². The molecule has 0 aromatic carbocycles. The fourth-order valence-electron chi connectivity index (χ4n) is 2.09. The zero-order valence-electron chi connectivity index (χ0n) is 11.9. The summed E-state index contributed by atoms with van der Waals surface area (Å²) in [5, 5.41) is 17.4. The molecule has 1 atom stereocenters. The highest BCUT2D eigenvalue weighted by atomic mass is 32.1. The second kappa shape index (κ2) is 6.04. The molecule has 0 radical (unpaired) electrons. The third-order valence-electron chi connectivity index (χ3n) is 3.11. The van der Waals surface area contributed by atoms with Gasteiger partial charge in [-0.15, -0.1) is 11.3 Å². The maximum Gasteiger partial charge on any atom is 0.226 e. The lowest BCUT2D eigenvalue weighted by atomic mass is 10.2. The van der Waals surface area contributed by atoms with Crippen LogP contribution in [0.1, 0.15) is 31.3 Å². The first-order valence-electron chi connectivity index (χ1n) is 6.92. The van der Waals surface area contributed by atoms with Gasteiger partial charge in [0.25, 0.3) is 0 Å². The Morgan fingerprint density at radius 3 is 2.95 bits per heavy atom. The van der Waals surface area contributed by atoms with E-state index >= 15 is 0 Å². The van der Waals surface area contributed by atoms with E-state index in [-0.39, 0.29) is 6.04 Å². The van der Waals surface area contributed by atoms with Gasteiger partial charge in [0, 0.05) is 18.1 Å². The minimum atomic E-state index is 0.132. The van der Waals surface area contributed by atoms with Crippen LogP contribution in [0.25, 0.3) is 11.0 Å². The molecule has 3 N–H and O–H groups in total. The first kappa shape index (κ1) is 13.7. The normalized spacial score (nSPS) is 12.5. The van der Waals surface area contributed by atoms with Gasteiger partial charge in [-0.2, -0.15) is 15.1 Å². The van der Waals surface area contributed by atoms with Crippen LogP contribution in [0.4, 0.5) is 11.8 Å². The molecule has 3 aromatic rings. The highest BCUT2D eigenvalue weighted by Gasteiger charge is 2.16. The van der Waals surface area contributed by atoms with Crippen LogP contribution in [0.5, 0.6) is 0 Å². The van der Waals surface area contributed by atoms with Crippen LogP contribution in [0.3, 0.4) is 0 Å². The summed E-state index contributed by atoms with van der Waals surface area (Å²) in [6.07, 6.45) is 4.48. The molecule has 0 aliphatic carbocycles. The third kappa shape index (κ3) is 2.80. The zero-order valence-corrected chi connectivity index (χ0v) is 12.7. The van der Waals surface area contributed by atoms with Crippen molar-refractivity contribution in [3.05, 3.63) is 22.8 Å². The summed E-state index contributed by atoms with van der Waals surface area (Å²) in [5.41, 5.74) is 0.720. The summed E-state index contributed by atoms with van der Waals surface area (Å²) in [6.45, 7) is 4.90. The predicted octanol–water partition coefficient (Wildman–Crippen LogP) is 2.80.